The Morgan fingerprint density at radius 1 is 1.35 bits per heavy atom. The second kappa shape index (κ2) is 5.96. The average molecular weight is 342 g/mol. The van der Waals surface area contributed by atoms with Gasteiger partial charge in [-0.3, -0.25) is 0 Å². The first-order valence-electron chi connectivity index (χ1n) is 5.70. The van der Waals surface area contributed by atoms with Crippen molar-refractivity contribution in [2.24, 2.45) is 0 Å². The average Bonchev–Trinajstić information content (AvgIpc) is 3.01. The molecule has 2 aromatic heterocycles. The van der Waals surface area contributed by atoms with E-state index in [1.54, 1.807) is 19.2 Å². The number of hydrogen-bond acceptors (Lipinski definition) is 5. The summed E-state index contributed by atoms with van der Waals surface area (Å²) in [5, 5.41) is 0. The highest BCUT2D eigenvalue weighted by molar-refractivity contribution is 9.10. The van der Waals surface area contributed by atoms with E-state index in [2.05, 4.69) is 25.7 Å². The number of esters is 2. The molecule has 0 aliphatic rings. The number of methoxy groups -OCH3 is 1. The highest BCUT2D eigenvalue weighted by Gasteiger charge is 2.17. The van der Waals surface area contributed by atoms with E-state index < -0.39 is 11.9 Å². The third-order valence-electron chi connectivity index (χ3n) is 2.59. The number of carbonyl (C=O) groups excluding carboxylic acids is 2. The molecule has 2 rings (SSSR count). The van der Waals surface area contributed by atoms with E-state index in [0.29, 0.717) is 22.8 Å². The van der Waals surface area contributed by atoms with Crippen molar-refractivity contribution in [2.45, 2.75) is 13.5 Å². The van der Waals surface area contributed by atoms with E-state index in [0.717, 1.165) is 4.47 Å². The summed E-state index contributed by atoms with van der Waals surface area (Å²) in [5.41, 5.74) is 0.648. The maximum atomic E-state index is 11.7. The van der Waals surface area contributed by atoms with E-state index >= 15 is 0 Å². The van der Waals surface area contributed by atoms with Crippen LogP contribution in [0.25, 0.3) is 0 Å². The fourth-order valence-corrected chi connectivity index (χ4v) is 1.97. The molecule has 0 radical (unpaired) electrons. The van der Waals surface area contributed by atoms with Gasteiger partial charge in [-0.2, -0.15) is 0 Å². The zero-order chi connectivity index (χ0) is 14.7. The molecule has 106 valence electrons. The Morgan fingerprint density at radius 2 is 2.10 bits per heavy atom. The number of hydrogen-bond donors (Lipinski definition) is 1. The first-order chi connectivity index (χ1) is 9.51. The van der Waals surface area contributed by atoms with Gasteiger partial charge in [0.2, 0.25) is 0 Å². The molecule has 0 unspecified atom stereocenters. The molecule has 0 saturated heterocycles. The highest BCUT2D eigenvalue weighted by Crippen LogP contribution is 2.17. The Morgan fingerprint density at radius 3 is 2.70 bits per heavy atom. The molecule has 0 atom stereocenters. The first-order valence-corrected chi connectivity index (χ1v) is 6.49. The molecule has 1 N–H and O–H groups in total. The molecule has 0 aromatic carbocycles. The third kappa shape index (κ3) is 3.11. The quantitative estimate of drug-likeness (QED) is 0.864. The van der Waals surface area contributed by atoms with Crippen LogP contribution in [0.4, 0.5) is 0 Å². The van der Waals surface area contributed by atoms with E-state index in [4.69, 9.17) is 9.15 Å². The van der Waals surface area contributed by atoms with Gasteiger partial charge in [-0.05, 0) is 35.0 Å². The maximum Gasteiger partial charge on any atom is 0.355 e. The zero-order valence-electron chi connectivity index (χ0n) is 10.9. The number of aromatic nitrogens is 1. The number of furan rings is 1. The monoisotopic (exact) mass is 341 g/mol. The minimum atomic E-state index is -0.510. The lowest BCUT2D eigenvalue weighted by Gasteiger charge is -2.00. The molecule has 0 saturated carbocycles. The predicted octanol–water partition coefficient (Wildman–Crippen LogP) is 2.82. The van der Waals surface area contributed by atoms with Crippen molar-refractivity contribution < 1.29 is 23.5 Å². The fourth-order valence-electron chi connectivity index (χ4n) is 1.63. The molecule has 2 aromatic rings. The van der Waals surface area contributed by atoms with E-state index in [1.165, 1.54) is 13.2 Å². The lowest BCUT2D eigenvalue weighted by Crippen LogP contribution is -2.05. The van der Waals surface area contributed by atoms with Crippen LogP contribution in [0.5, 0.6) is 0 Å². The number of aryl methyl sites for hydroxylation is 1. The lowest BCUT2D eigenvalue weighted by atomic mass is 10.2. The van der Waals surface area contributed by atoms with Crippen molar-refractivity contribution in [3.8, 4) is 0 Å². The van der Waals surface area contributed by atoms with Crippen LogP contribution in [0.3, 0.4) is 0 Å². The summed E-state index contributed by atoms with van der Waals surface area (Å²) in [4.78, 5) is 25.9. The molecule has 0 spiro atoms. The van der Waals surface area contributed by atoms with Gasteiger partial charge in [0.15, 0.2) is 0 Å². The Bertz CT molecular complexity index is 643. The van der Waals surface area contributed by atoms with E-state index in [-0.39, 0.29) is 6.61 Å². The Kier molecular flexibility index (Phi) is 4.29. The van der Waals surface area contributed by atoms with Crippen molar-refractivity contribution in [1.29, 1.82) is 0 Å². The Balaban J connectivity index is 2.01. The number of rotatable bonds is 4. The molecular weight excluding hydrogens is 330 g/mol. The fraction of sp³-hybridized carbons (Fsp3) is 0.231. The normalized spacial score (nSPS) is 10.3. The van der Waals surface area contributed by atoms with Crippen molar-refractivity contribution in [3.63, 3.8) is 0 Å². The van der Waals surface area contributed by atoms with Gasteiger partial charge in [0, 0.05) is 10.7 Å². The third-order valence-corrected chi connectivity index (χ3v) is 3.05. The highest BCUT2D eigenvalue weighted by atomic mass is 79.9. The SMILES string of the molecule is COC(=O)c1cc(COC(=O)c2cc(Br)c[nH]2)oc1C. The Labute approximate surface area is 123 Å². The van der Waals surface area contributed by atoms with Gasteiger partial charge in [-0.15, -0.1) is 0 Å². The van der Waals surface area contributed by atoms with Crippen LogP contribution in [-0.2, 0) is 16.1 Å². The van der Waals surface area contributed by atoms with Crippen LogP contribution in [0.2, 0.25) is 0 Å². The van der Waals surface area contributed by atoms with Gasteiger partial charge in [0.25, 0.3) is 0 Å². The standard InChI is InChI=1S/C13H12BrNO5/c1-7-10(12(16)18-2)4-9(20-7)6-19-13(17)11-3-8(14)5-15-11/h3-5,15H,6H2,1-2H3. The number of halogens is 1. The number of carbonyl (C=O) groups is 2. The van der Waals surface area contributed by atoms with Gasteiger partial charge < -0.3 is 18.9 Å². The summed E-state index contributed by atoms with van der Waals surface area (Å²) >= 11 is 3.22. The van der Waals surface area contributed by atoms with Crippen molar-refractivity contribution >= 4 is 27.9 Å². The molecular formula is C13H12BrNO5. The van der Waals surface area contributed by atoms with Crippen LogP contribution >= 0.6 is 15.9 Å². The van der Waals surface area contributed by atoms with Crippen LogP contribution in [0.15, 0.2) is 27.2 Å². The van der Waals surface area contributed by atoms with Crippen LogP contribution in [0.1, 0.15) is 32.4 Å². The zero-order valence-corrected chi connectivity index (χ0v) is 12.4. The summed E-state index contributed by atoms with van der Waals surface area (Å²) in [6.45, 7) is 1.58. The molecule has 2 heterocycles. The molecule has 6 nitrogen and oxygen atoms in total. The number of ether oxygens (including phenoxy) is 2. The van der Waals surface area contributed by atoms with E-state index in [1.807, 2.05) is 0 Å². The van der Waals surface area contributed by atoms with Crippen molar-refractivity contribution in [1.82, 2.24) is 4.98 Å². The minimum Gasteiger partial charge on any atom is -0.465 e. The number of H-pyrrole nitrogens is 1. The maximum absolute atomic E-state index is 11.7. The Hall–Kier alpha value is -2.02. The molecule has 0 aliphatic heterocycles. The number of aromatic amines is 1. The second-order valence-corrected chi connectivity index (χ2v) is 4.90. The number of nitrogens with one attached hydrogen (secondary N) is 1. The summed E-state index contributed by atoms with van der Waals surface area (Å²) in [5.74, 6) is -0.200. The van der Waals surface area contributed by atoms with Gasteiger partial charge in [0.1, 0.15) is 29.4 Å². The van der Waals surface area contributed by atoms with E-state index in [9.17, 15) is 9.59 Å². The van der Waals surface area contributed by atoms with Gasteiger partial charge >= 0.3 is 11.9 Å². The largest absolute Gasteiger partial charge is 0.465 e. The molecule has 0 bridgehead atoms. The molecule has 0 fully saturated rings. The smallest absolute Gasteiger partial charge is 0.355 e. The summed E-state index contributed by atoms with van der Waals surface area (Å²) in [6.07, 6.45) is 1.63. The summed E-state index contributed by atoms with van der Waals surface area (Å²) in [6, 6.07) is 3.11. The molecule has 7 heteroatoms. The predicted molar refractivity (Wildman–Crippen MR) is 72.4 cm³/mol. The lowest BCUT2D eigenvalue weighted by molar-refractivity contribution is 0.0437. The molecule has 20 heavy (non-hydrogen) atoms. The van der Waals surface area contributed by atoms with Crippen molar-refractivity contribution in [2.75, 3.05) is 7.11 Å². The van der Waals surface area contributed by atoms with Gasteiger partial charge in [0.05, 0.1) is 7.11 Å². The van der Waals surface area contributed by atoms with Crippen LogP contribution in [0, 0.1) is 6.92 Å². The van der Waals surface area contributed by atoms with Crippen LogP contribution in [-0.4, -0.2) is 24.0 Å². The first kappa shape index (κ1) is 14.4. The van der Waals surface area contributed by atoms with Crippen molar-refractivity contribution in [3.05, 3.63) is 45.6 Å². The second-order valence-electron chi connectivity index (χ2n) is 3.98. The summed E-state index contributed by atoms with van der Waals surface area (Å²) < 4.78 is 15.8. The van der Waals surface area contributed by atoms with Crippen LogP contribution < -0.4 is 0 Å². The topological polar surface area (TPSA) is 81.5 Å². The van der Waals surface area contributed by atoms with Gasteiger partial charge in [-0.25, -0.2) is 9.59 Å². The van der Waals surface area contributed by atoms with Gasteiger partial charge in [-0.1, -0.05) is 0 Å². The minimum absolute atomic E-state index is 0.0622. The molecule has 0 amide bonds. The summed E-state index contributed by atoms with van der Waals surface area (Å²) in [7, 11) is 1.29. The molecule has 0 aliphatic carbocycles.